The number of nitrogens with zero attached hydrogens (tertiary/aromatic N) is 2. The summed E-state index contributed by atoms with van der Waals surface area (Å²) in [6.07, 6.45) is 6.55. The first-order valence-corrected chi connectivity index (χ1v) is 19.1. The fourth-order valence-electron chi connectivity index (χ4n) is 6.50. The number of cyclic esters (lactones) is 1. The molecule has 0 saturated carbocycles. The van der Waals surface area contributed by atoms with E-state index in [0.29, 0.717) is 31.4 Å². The van der Waals surface area contributed by atoms with Gasteiger partial charge in [0, 0.05) is 38.3 Å². The van der Waals surface area contributed by atoms with Crippen LogP contribution in [-0.4, -0.2) is 118 Å². The third kappa shape index (κ3) is 14.0. The largest absolute Gasteiger partial charge is 0.508 e. The first-order valence-electron chi connectivity index (χ1n) is 19.1. The van der Waals surface area contributed by atoms with Crippen LogP contribution in [0.1, 0.15) is 72.3 Å². The summed E-state index contributed by atoms with van der Waals surface area (Å²) in [5, 5.41) is 39.5. The van der Waals surface area contributed by atoms with Crippen LogP contribution in [0.5, 0.6) is 5.75 Å². The molecule has 3 amide bonds. The number of Topliss-reactive ketones (excluding diaryl/α,β-unsaturated/α-hetero) is 1. The number of aliphatic hydroxyl groups excluding tert-OH is 2. The zero-order valence-electron chi connectivity index (χ0n) is 33.2. The lowest BCUT2D eigenvalue weighted by molar-refractivity contribution is -0.156. The van der Waals surface area contributed by atoms with Gasteiger partial charge in [-0.15, -0.1) is 0 Å². The Hall–Kier alpha value is -4.37. The highest BCUT2D eigenvalue weighted by Crippen LogP contribution is 2.24. The molecule has 0 spiro atoms. The van der Waals surface area contributed by atoms with E-state index in [1.165, 1.54) is 30.1 Å². The van der Waals surface area contributed by atoms with Gasteiger partial charge in [0.1, 0.15) is 35.8 Å². The fourth-order valence-corrected chi connectivity index (χ4v) is 6.50. The van der Waals surface area contributed by atoms with Gasteiger partial charge in [-0.25, -0.2) is 5.43 Å². The molecule has 2 unspecified atom stereocenters. The molecule has 55 heavy (non-hydrogen) atoms. The number of hydrogen-bond acceptors (Lipinski definition) is 11. The Morgan fingerprint density at radius 3 is 2.45 bits per heavy atom. The van der Waals surface area contributed by atoms with Crippen LogP contribution in [0.4, 0.5) is 0 Å². The molecule has 2 heterocycles. The predicted molar refractivity (Wildman–Crippen MR) is 208 cm³/mol. The quantitative estimate of drug-likeness (QED) is 0.159. The van der Waals surface area contributed by atoms with Gasteiger partial charge >= 0.3 is 5.97 Å². The molecule has 8 atom stereocenters. The molecule has 1 aromatic carbocycles. The Kier molecular flexibility index (Phi) is 17.7. The number of nitrogens with one attached hydrogen (secondary N) is 3. The number of fused-ring (bicyclic) bond motifs is 2. The van der Waals surface area contributed by atoms with Crippen molar-refractivity contribution in [1.82, 2.24) is 26.0 Å². The van der Waals surface area contributed by atoms with Crippen molar-refractivity contribution in [2.24, 2.45) is 17.8 Å². The third-order valence-electron chi connectivity index (χ3n) is 10.0. The molecule has 304 valence electrons. The number of hydrogen-bond donors (Lipinski definition) is 6. The summed E-state index contributed by atoms with van der Waals surface area (Å²) in [4.78, 5) is 69.8. The smallest absolute Gasteiger partial charge is 0.325 e. The number of ketones is 1. The monoisotopic (exact) mass is 767 g/mol. The molecule has 14 heteroatoms. The number of esters is 1. The fraction of sp³-hybridized carbons (Fsp3) is 0.585. The Bertz CT molecular complexity index is 1570. The van der Waals surface area contributed by atoms with Crippen LogP contribution >= 0.6 is 0 Å². The van der Waals surface area contributed by atoms with E-state index in [4.69, 9.17) is 4.74 Å². The first kappa shape index (κ1) is 45.0. The number of allylic oxidation sites excluding steroid dienone is 2. The maximum Gasteiger partial charge on any atom is 0.325 e. The van der Waals surface area contributed by atoms with E-state index in [0.717, 1.165) is 5.57 Å². The number of aromatic hydroxyl groups is 1. The van der Waals surface area contributed by atoms with E-state index in [1.807, 2.05) is 32.0 Å². The highest BCUT2D eigenvalue weighted by Gasteiger charge is 2.38. The van der Waals surface area contributed by atoms with Crippen molar-refractivity contribution in [3.63, 3.8) is 0 Å². The topological polar surface area (TPSA) is 198 Å². The van der Waals surface area contributed by atoms with Crippen LogP contribution in [0, 0.1) is 17.8 Å². The van der Waals surface area contributed by atoms with E-state index < -0.39 is 77.9 Å². The van der Waals surface area contributed by atoms with Crippen LogP contribution in [0.25, 0.3) is 0 Å². The summed E-state index contributed by atoms with van der Waals surface area (Å²) in [6.45, 7) is 9.16. The number of likely N-dealkylation sites (N-methyl/N-ethyl adjacent to an activating group) is 1. The van der Waals surface area contributed by atoms with Crippen molar-refractivity contribution in [3.05, 3.63) is 65.8 Å². The van der Waals surface area contributed by atoms with Crippen molar-refractivity contribution >= 4 is 29.5 Å². The molecule has 0 aliphatic carbocycles. The van der Waals surface area contributed by atoms with E-state index in [1.54, 1.807) is 51.1 Å². The molecule has 2 bridgehead atoms. The van der Waals surface area contributed by atoms with E-state index in [-0.39, 0.29) is 37.3 Å². The van der Waals surface area contributed by atoms with Crippen LogP contribution < -0.4 is 16.1 Å². The lowest BCUT2D eigenvalue weighted by Crippen LogP contribution is -2.62. The maximum absolute atomic E-state index is 14.2. The molecule has 0 radical (unpaired) electrons. The second-order valence-corrected chi connectivity index (χ2v) is 15.4. The average molecular weight is 768 g/mol. The van der Waals surface area contributed by atoms with Gasteiger partial charge in [-0.1, -0.05) is 63.3 Å². The second-order valence-electron chi connectivity index (χ2n) is 15.4. The van der Waals surface area contributed by atoms with Crippen LogP contribution in [0.2, 0.25) is 0 Å². The van der Waals surface area contributed by atoms with Crippen molar-refractivity contribution in [1.29, 1.82) is 0 Å². The zero-order chi connectivity index (χ0) is 40.8. The Labute approximate surface area is 325 Å². The van der Waals surface area contributed by atoms with Crippen LogP contribution in [0.15, 0.2) is 60.2 Å². The Morgan fingerprint density at radius 1 is 1.07 bits per heavy atom. The van der Waals surface area contributed by atoms with Crippen molar-refractivity contribution in [2.75, 3.05) is 27.2 Å². The SMILES string of the molecule is CC(=O)CC[C@H]1C(=O)NC(C(C)C)C(=O)N[C@@H](Cc2cccc(O)c2)C(=O)N2CCCC(N2)C(=O)O[C@H](/C(C)=C/CN(C)C)C/C=C/C=C/[C@H](O)[C@H](C)[C@H]1O. The summed E-state index contributed by atoms with van der Waals surface area (Å²) < 4.78 is 6.04. The number of ether oxygens (including phenoxy) is 1. The second kappa shape index (κ2) is 21.6. The number of phenols is 1. The first-order chi connectivity index (χ1) is 26.0. The molecule has 0 aromatic heterocycles. The summed E-state index contributed by atoms with van der Waals surface area (Å²) in [5.41, 5.74) is 4.41. The van der Waals surface area contributed by atoms with Gasteiger partial charge in [0.2, 0.25) is 11.8 Å². The summed E-state index contributed by atoms with van der Waals surface area (Å²) in [7, 11) is 3.85. The lowest BCUT2D eigenvalue weighted by Gasteiger charge is -2.36. The normalized spacial score (nSPS) is 29.4. The third-order valence-corrected chi connectivity index (χ3v) is 10.0. The molecule has 2 aliphatic heterocycles. The predicted octanol–water partition coefficient (Wildman–Crippen LogP) is 2.34. The minimum atomic E-state index is -1.39. The lowest BCUT2D eigenvalue weighted by atomic mass is 9.84. The maximum atomic E-state index is 14.2. The molecular formula is C41H61N5O9. The van der Waals surface area contributed by atoms with Gasteiger partial charge in [0.25, 0.3) is 5.91 Å². The molecule has 2 aliphatic rings. The minimum Gasteiger partial charge on any atom is -0.508 e. The van der Waals surface area contributed by atoms with Gasteiger partial charge in [0.15, 0.2) is 0 Å². The molecule has 1 aromatic rings. The summed E-state index contributed by atoms with van der Waals surface area (Å²) in [6, 6.07) is 3.12. The number of benzene rings is 1. The van der Waals surface area contributed by atoms with Crippen LogP contribution in [0.3, 0.4) is 0 Å². The highest BCUT2D eigenvalue weighted by molar-refractivity contribution is 5.93. The molecule has 6 N–H and O–H groups in total. The average Bonchev–Trinajstić information content (AvgIpc) is 3.13. The van der Waals surface area contributed by atoms with Crippen molar-refractivity contribution in [3.8, 4) is 5.75 Å². The molecule has 14 nitrogen and oxygen atoms in total. The standard InChI is InChI=1S/C41H61N5O9/c1-25(2)36-39(52)42-33(24-29-13-11-14-30(48)23-29)40(53)46-21-12-15-32(44-46)41(54)55-35(26(3)20-22-45(6)7)17-10-8-9-16-34(49)28(5)37(50)31(38(51)43-36)19-18-27(4)47/h8-11,13-14,16,20,23,25,28,31-37,44,48-50H,12,15,17-19,21-22,24H2,1-7H3,(H,42,52)(H,43,51)/b10-8+,16-9+,26-20+/t28-,31+,32?,33-,34-,35-,36?,37+/m0/s1. The highest BCUT2D eigenvalue weighted by atomic mass is 16.5. The van der Waals surface area contributed by atoms with E-state index >= 15 is 0 Å². The number of carbonyl (C=O) groups is 5. The van der Waals surface area contributed by atoms with Gasteiger partial charge in [0.05, 0.1) is 18.1 Å². The zero-order valence-corrected chi connectivity index (χ0v) is 33.2. The molecule has 1 saturated heterocycles. The number of aliphatic hydroxyl groups is 2. The number of hydrazine groups is 1. The van der Waals surface area contributed by atoms with Crippen molar-refractivity contribution in [2.45, 2.75) is 110 Å². The van der Waals surface area contributed by atoms with Gasteiger partial charge in [-0.3, -0.25) is 24.2 Å². The Morgan fingerprint density at radius 2 is 1.80 bits per heavy atom. The van der Waals surface area contributed by atoms with Gasteiger partial charge < -0.3 is 40.4 Å². The molecule has 1 fully saturated rings. The number of amides is 3. The number of phenolic OH excluding ortho intramolecular Hbond substituents is 1. The van der Waals surface area contributed by atoms with Gasteiger partial charge in [-0.2, -0.15) is 0 Å². The van der Waals surface area contributed by atoms with E-state index in [9.17, 15) is 39.3 Å². The van der Waals surface area contributed by atoms with Crippen molar-refractivity contribution < 1.29 is 44.0 Å². The summed E-state index contributed by atoms with van der Waals surface area (Å²) in [5.74, 6) is -5.07. The molecular weight excluding hydrogens is 706 g/mol. The summed E-state index contributed by atoms with van der Waals surface area (Å²) >= 11 is 0. The van der Waals surface area contributed by atoms with Crippen LogP contribution in [-0.2, 0) is 35.1 Å². The van der Waals surface area contributed by atoms with E-state index in [2.05, 4.69) is 16.1 Å². The number of carbonyl (C=O) groups excluding carboxylic acids is 5. The minimum absolute atomic E-state index is 0.00640. The Balaban J connectivity index is 2.07. The molecule has 3 rings (SSSR count). The van der Waals surface area contributed by atoms with Gasteiger partial charge in [-0.05, 0) is 76.4 Å². The number of rotatable bonds is 9.